The van der Waals surface area contributed by atoms with Gasteiger partial charge >= 0.3 is 5.97 Å². The first-order valence-corrected chi connectivity index (χ1v) is 10.2. The summed E-state index contributed by atoms with van der Waals surface area (Å²) in [5.74, 6) is -2.60. The van der Waals surface area contributed by atoms with E-state index in [4.69, 9.17) is 16.3 Å². The number of amides is 2. The first-order chi connectivity index (χ1) is 14.8. The molecule has 0 fully saturated rings. The summed E-state index contributed by atoms with van der Waals surface area (Å²) in [5, 5.41) is 2.94. The average Bonchev–Trinajstić information content (AvgIpc) is 2.72. The van der Waals surface area contributed by atoms with Crippen LogP contribution in [0.15, 0.2) is 59.8 Å². The normalized spacial score (nSPS) is 16.3. The molecule has 1 unspecified atom stereocenters. The van der Waals surface area contributed by atoms with Gasteiger partial charge in [0.2, 0.25) is 11.8 Å². The summed E-state index contributed by atoms with van der Waals surface area (Å²) >= 11 is 6.10. The van der Waals surface area contributed by atoms with Crippen LogP contribution < -0.4 is 5.32 Å². The molecule has 2 aromatic rings. The lowest BCUT2D eigenvalue weighted by atomic mass is 9.83. The largest absolute Gasteiger partial charge is 0.463 e. The number of esters is 1. The van der Waals surface area contributed by atoms with E-state index in [1.165, 1.54) is 23.1 Å². The molecular formula is C23H22ClFN2O4. The standard InChI is InChI=1S/C23H22ClFN2O4/c1-3-31-23(30)22-14(2)27(13-20(28)26-19-10-5-4-9-18(19)25)21(29)12-17(22)15-7-6-8-16(24)11-15/h4-11,17H,3,12-13H2,1-2H3,(H,26,28). The summed E-state index contributed by atoms with van der Waals surface area (Å²) in [6, 6.07) is 12.7. The molecule has 0 aromatic heterocycles. The molecule has 1 aliphatic heterocycles. The lowest BCUT2D eigenvalue weighted by Gasteiger charge is -2.34. The number of allylic oxidation sites excluding steroid dienone is 1. The Balaban J connectivity index is 1.92. The van der Waals surface area contributed by atoms with Crippen LogP contribution in [-0.4, -0.2) is 35.8 Å². The maximum atomic E-state index is 13.8. The number of anilines is 1. The van der Waals surface area contributed by atoms with Crippen molar-refractivity contribution in [2.45, 2.75) is 26.2 Å². The molecule has 31 heavy (non-hydrogen) atoms. The third-order valence-electron chi connectivity index (χ3n) is 5.02. The smallest absolute Gasteiger partial charge is 0.336 e. The Morgan fingerprint density at radius 3 is 2.65 bits per heavy atom. The molecule has 0 aliphatic carbocycles. The van der Waals surface area contributed by atoms with Crippen LogP contribution in [0.3, 0.4) is 0 Å². The SMILES string of the molecule is CCOC(=O)C1=C(C)N(CC(=O)Nc2ccccc2F)C(=O)CC1c1cccc(Cl)c1. The number of carbonyl (C=O) groups excluding carboxylic acids is 3. The average molecular weight is 445 g/mol. The predicted molar refractivity (Wildman–Crippen MR) is 115 cm³/mol. The number of carbonyl (C=O) groups is 3. The quantitative estimate of drug-likeness (QED) is 0.675. The van der Waals surface area contributed by atoms with E-state index in [1.54, 1.807) is 44.2 Å². The van der Waals surface area contributed by atoms with Gasteiger partial charge in [0.15, 0.2) is 0 Å². The summed E-state index contributed by atoms with van der Waals surface area (Å²) in [4.78, 5) is 39.4. The first-order valence-electron chi connectivity index (χ1n) is 9.80. The zero-order valence-corrected chi connectivity index (χ0v) is 17.9. The maximum Gasteiger partial charge on any atom is 0.336 e. The van der Waals surface area contributed by atoms with Gasteiger partial charge in [-0.15, -0.1) is 0 Å². The van der Waals surface area contributed by atoms with Crippen molar-refractivity contribution in [2.75, 3.05) is 18.5 Å². The van der Waals surface area contributed by atoms with Crippen LogP contribution in [0, 0.1) is 5.82 Å². The number of benzene rings is 2. The van der Waals surface area contributed by atoms with Gasteiger partial charge in [0, 0.05) is 23.1 Å². The van der Waals surface area contributed by atoms with Crippen molar-refractivity contribution in [1.82, 2.24) is 4.90 Å². The van der Waals surface area contributed by atoms with Gasteiger partial charge in [-0.1, -0.05) is 35.9 Å². The third kappa shape index (κ3) is 5.11. The lowest BCUT2D eigenvalue weighted by Crippen LogP contribution is -2.42. The summed E-state index contributed by atoms with van der Waals surface area (Å²) in [6.07, 6.45) is -0.0290. The molecule has 1 heterocycles. The molecule has 1 atom stereocenters. The molecule has 2 aromatic carbocycles. The molecule has 0 radical (unpaired) electrons. The van der Waals surface area contributed by atoms with Crippen LogP contribution in [0.2, 0.25) is 5.02 Å². The van der Waals surface area contributed by atoms with E-state index >= 15 is 0 Å². The van der Waals surface area contributed by atoms with Gasteiger partial charge < -0.3 is 15.0 Å². The van der Waals surface area contributed by atoms with Crippen molar-refractivity contribution in [2.24, 2.45) is 0 Å². The monoisotopic (exact) mass is 444 g/mol. The minimum atomic E-state index is -0.582. The highest BCUT2D eigenvalue weighted by atomic mass is 35.5. The fraction of sp³-hybridized carbons (Fsp3) is 0.261. The van der Waals surface area contributed by atoms with Crippen molar-refractivity contribution in [1.29, 1.82) is 0 Å². The number of para-hydroxylation sites is 1. The summed E-state index contributed by atoms with van der Waals surface area (Å²) in [6.45, 7) is 3.09. The maximum absolute atomic E-state index is 13.8. The van der Waals surface area contributed by atoms with Gasteiger partial charge in [0.05, 0.1) is 17.9 Å². The lowest BCUT2D eigenvalue weighted by molar-refractivity contribution is -0.140. The van der Waals surface area contributed by atoms with Crippen LogP contribution in [0.25, 0.3) is 0 Å². The molecule has 1 aliphatic rings. The minimum Gasteiger partial charge on any atom is -0.463 e. The third-order valence-corrected chi connectivity index (χ3v) is 5.25. The second-order valence-electron chi connectivity index (χ2n) is 7.04. The van der Waals surface area contributed by atoms with E-state index in [0.717, 1.165) is 0 Å². The van der Waals surface area contributed by atoms with E-state index in [0.29, 0.717) is 21.9 Å². The highest BCUT2D eigenvalue weighted by Crippen LogP contribution is 2.37. The molecule has 3 rings (SSSR count). The summed E-state index contributed by atoms with van der Waals surface area (Å²) in [5.41, 5.74) is 1.34. The van der Waals surface area contributed by atoms with Crippen LogP contribution in [0.5, 0.6) is 0 Å². The van der Waals surface area contributed by atoms with Gasteiger partial charge in [-0.3, -0.25) is 9.59 Å². The number of hydrogen-bond acceptors (Lipinski definition) is 4. The van der Waals surface area contributed by atoms with Crippen molar-refractivity contribution >= 4 is 35.1 Å². The van der Waals surface area contributed by atoms with Crippen molar-refractivity contribution < 1.29 is 23.5 Å². The fourth-order valence-electron chi connectivity index (χ4n) is 3.58. The highest BCUT2D eigenvalue weighted by Gasteiger charge is 2.37. The molecule has 162 valence electrons. The van der Waals surface area contributed by atoms with Crippen molar-refractivity contribution in [3.63, 3.8) is 0 Å². The molecular weight excluding hydrogens is 423 g/mol. The molecule has 8 heteroatoms. The Hall–Kier alpha value is -3.19. The molecule has 0 saturated heterocycles. The number of halogens is 2. The zero-order valence-electron chi connectivity index (χ0n) is 17.2. The van der Waals surface area contributed by atoms with Gasteiger partial charge in [0.25, 0.3) is 0 Å². The van der Waals surface area contributed by atoms with Crippen molar-refractivity contribution in [3.05, 3.63) is 76.2 Å². The molecule has 0 bridgehead atoms. The number of nitrogens with zero attached hydrogens (tertiary/aromatic N) is 1. The van der Waals surface area contributed by atoms with Crippen LogP contribution >= 0.6 is 11.6 Å². The van der Waals surface area contributed by atoms with E-state index in [-0.39, 0.29) is 31.2 Å². The topological polar surface area (TPSA) is 75.7 Å². The first kappa shape index (κ1) is 22.5. The Morgan fingerprint density at radius 2 is 1.97 bits per heavy atom. The number of ether oxygens (including phenoxy) is 1. The predicted octanol–water partition coefficient (Wildman–Crippen LogP) is 4.27. The molecule has 0 spiro atoms. The second-order valence-corrected chi connectivity index (χ2v) is 7.48. The van der Waals surface area contributed by atoms with Crippen LogP contribution in [0.1, 0.15) is 31.7 Å². The van der Waals surface area contributed by atoms with E-state index < -0.39 is 23.6 Å². The van der Waals surface area contributed by atoms with Gasteiger partial charge in [-0.05, 0) is 43.7 Å². The molecule has 6 nitrogen and oxygen atoms in total. The van der Waals surface area contributed by atoms with Crippen LogP contribution in [0.4, 0.5) is 10.1 Å². The second kappa shape index (κ2) is 9.75. The molecule has 1 N–H and O–H groups in total. The van der Waals surface area contributed by atoms with E-state index in [1.807, 2.05) is 0 Å². The van der Waals surface area contributed by atoms with E-state index in [9.17, 15) is 18.8 Å². The summed E-state index contributed by atoms with van der Waals surface area (Å²) in [7, 11) is 0. The number of nitrogens with one attached hydrogen (secondary N) is 1. The minimum absolute atomic E-state index is 0.0148. The fourth-order valence-corrected chi connectivity index (χ4v) is 3.78. The van der Waals surface area contributed by atoms with Gasteiger partial charge in [0.1, 0.15) is 12.4 Å². The Labute approximate surface area is 184 Å². The Bertz CT molecular complexity index is 1050. The number of rotatable bonds is 6. The molecule has 2 amide bonds. The Kier molecular flexibility index (Phi) is 7.07. The summed E-state index contributed by atoms with van der Waals surface area (Å²) < 4.78 is 19.0. The van der Waals surface area contributed by atoms with Gasteiger partial charge in [-0.25, -0.2) is 9.18 Å². The zero-order chi connectivity index (χ0) is 22.5. The van der Waals surface area contributed by atoms with Gasteiger partial charge in [-0.2, -0.15) is 0 Å². The van der Waals surface area contributed by atoms with Crippen LogP contribution in [-0.2, 0) is 19.1 Å². The van der Waals surface area contributed by atoms with E-state index in [2.05, 4.69) is 5.32 Å². The number of hydrogen-bond donors (Lipinski definition) is 1. The molecule has 0 saturated carbocycles. The van der Waals surface area contributed by atoms with Crippen molar-refractivity contribution in [3.8, 4) is 0 Å². The highest BCUT2D eigenvalue weighted by molar-refractivity contribution is 6.30. The Morgan fingerprint density at radius 1 is 1.23 bits per heavy atom.